The van der Waals surface area contributed by atoms with E-state index in [2.05, 4.69) is 28.5 Å². The van der Waals surface area contributed by atoms with Gasteiger partial charge in [0, 0.05) is 38.3 Å². The molecule has 1 aromatic heterocycles. The Hall–Kier alpha value is -2.32. The summed E-state index contributed by atoms with van der Waals surface area (Å²) in [6, 6.07) is 8.46. The summed E-state index contributed by atoms with van der Waals surface area (Å²) in [5.74, 6) is 1.91. The summed E-state index contributed by atoms with van der Waals surface area (Å²) in [6.07, 6.45) is 2.47. The largest absolute Gasteiger partial charge is 0.490 e. The molecule has 8 heteroatoms. The fourth-order valence-electron chi connectivity index (χ4n) is 2.83. The average Bonchev–Trinajstić information content (AvgIpc) is 2.93. The topological polar surface area (TPSA) is 80.8 Å². The van der Waals surface area contributed by atoms with Crippen LogP contribution in [0.2, 0.25) is 0 Å². The van der Waals surface area contributed by atoms with E-state index in [1.165, 1.54) is 12.1 Å². The number of hydrogen-bond acceptors (Lipinski definition) is 6. The quantitative estimate of drug-likeness (QED) is 0.781. The highest BCUT2D eigenvalue weighted by molar-refractivity contribution is 7.89. The van der Waals surface area contributed by atoms with Gasteiger partial charge in [-0.2, -0.15) is 0 Å². The number of rotatable bonds is 7. The second kappa shape index (κ2) is 8.58. The lowest BCUT2D eigenvalue weighted by Gasteiger charge is -2.19. The summed E-state index contributed by atoms with van der Waals surface area (Å²) >= 11 is 0. The highest BCUT2D eigenvalue weighted by Crippen LogP contribution is 2.31. The van der Waals surface area contributed by atoms with Crippen LogP contribution in [0.15, 0.2) is 41.4 Å². The van der Waals surface area contributed by atoms with Crippen LogP contribution in [0.5, 0.6) is 11.5 Å². The molecular formula is C19H25N3O4S. The van der Waals surface area contributed by atoms with Gasteiger partial charge in [-0.25, -0.2) is 18.1 Å². The Morgan fingerprint density at radius 2 is 1.81 bits per heavy atom. The van der Waals surface area contributed by atoms with Crippen molar-refractivity contribution in [3.63, 3.8) is 0 Å². The minimum Gasteiger partial charge on any atom is -0.490 e. The zero-order valence-corrected chi connectivity index (χ0v) is 16.5. The number of aromatic nitrogens is 1. The van der Waals surface area contributed by atoms with Gasteiger partial charge in [0.25, 0.3) is 0 Å². The van der Waals surface area contributed by atoms with Gasteiger partial charge in [0.05, 0.1) is 18.1 Å². The van der Waals surface area contributed by atoms with E-state index in [1.54, 1.807) is 12.3 Å². The van der Waals surface area contributed by atoms with E-state index >= 15 is 0 Å². The summed E-state index contributed by atoms with van der Waals surface area (Å²) in [4.78, 5) is 6.70. The third-order valence-corrected chi connectivity index (χ3v) is 5.79. The molecule has 0 saturated heterocycles. The Bertz CT molecular complexity index is 865. The number of fused-ring (bicyclic) bond motifs is 1. The van der Waals surface area contributed by atoms with Gasteiger partial charge in [0.2, 0.25) is 10.0 Å². The molecule has 0 atom stereocenters. The summed E-state index contributed by atoms with van der Waals surface area (Å²) in [5, 5.41) is 0. The zero-order valence-electron chi connectivity index (χ0n) is 15.6. The molecule has 3 rings (SSSR count). The minimum atomic E-state index is -3.66. The molecule has 1 aliphatic heterocycles. The maximum absolute atomic E-state index is 12.6. The number of nitrogens with one attached hydrogen (secondary N) is 1. The monoisotopic (exact) mass is 391 g/mol. The summed E-state index contributed by atoms with van der Waals surface area (Å²) < 4.78 is 38.9. The fraction of sp³-hybridized carbons (Fsp3) is 0.421. The molecule has 0 aliphatic carbocycles. The molecule has 1 aromatic carbocycles. The van der Waals surface area contributed by atoms with E-state index in [0.29, 0.717) is 24.7 Å². The molecule has 0 bridgehead atoms. The lowest BCUT2D eigenvalue weighted by molar-refractivity contribution is 0.297. The molecule has 27 heavy (non-hydrogen) atoms. The van der Waals surface area contributed by atoms with Crippen molar-refractivity contribution in [1.29, 1.82) is 0 Å². The Balaban J connectivity index is 1.69. The normalized spacial score (nSPS) is 13.9. The van der Waals surface area contributed by atoms with Crippen molar-refractivity contribution in [2.45, 2.75) is 31.7 Å². The first-order chi connectivity index (χ1) is 13.0. The predicted octanol–water partition coefficient (Wildman–Crippen LogP) is 2.57. The van der Waals surface area contributed by atoms with Crippen LogP contribution in [0.4, 0.5) is 5.82 Å². The van der Waals surface area contributed by atoms with Crippen molar-refractivity contribution in [3.8, 4) is 11.5 Å². The van der Waals surface area contributed by atoms with Crippen LogP contribution in [0.3, 0.4) is 0 Å². The lowest BCUT2D eigenvalue weighted by atomic mass is 10.3. The molecule has 7 nitrogen and oxygen atoms in total. The van der Waals surface area contributed by atoms with Crippen LogP contribution in [-0.4, -0.2) is 39.7 Å². The summed E-state index contributed by atoms with van der Waals surface area (Å²) in [6.45, 7) is 7.13. The maximum Gasteiger partial charge on any atom is 0.241 e. The molecule has 2 heterocycles. The molecule has 0 amide bonds. The van der Waals surface area contributed by atoms with Crippen molar-refractivity contribution in [2.24, 2.45) is 0 Å². The number of ether oxygens (including phenoxy) is 2. The summed E-state index contributed by atoms with van der Waals surface area (Å²) in [7, 11) is -3.66. The smallest absolute Gasteiger partial charge is 0.241 e. The van der Waals surface area contributed by atoms with E-state index in [1.807, 2.05) is 12.1 Å². The predicted molar refractivity (Wildman–Crippen MR) is 104 cm³/mol. The fourth-order valence-corrected chi connectivity index (χ4v) is 3.86. The molecular weight excluding hydrogens is 366 g/mol. The van der Waals surface area contributed by atoms with Crippen molar-refractivity contribution in [3.05, 3.63) is 42.1 Å². The van der Waals surface area contributed by atoms with Crippen molar-refractivity contribution in [1.82, 2.24) is 9.71 Å². The van der Waals surface area contributed by atoms with Crippen LogP contribution in [-0.2, 0) is 16.6 Å². The van der Waals surface area contributed by atoms with Crippen LogP contribution in [0.25, 0.3) is 0 Å². The molecule has 0 radical (unpaired) electrons. The van der Waals surface area contributed by atoms with Gasteiger partial charge in [0.1, 0.15) is 5.82 Å². The third-order valence-electron chi connectivity index (χ3n) is 4.39. The molecule has 0 unspecified atom stereocenters. The Morgan fingerprint density at radius 3 is 2.48 bits per heavy atom. The second-order valence-electron chi connectivity index (χ2n) is 6.18. The molecule has 0 spiro atoms. The molecule has 0 fully saturated rings. The highest BCUT2D eigenvalue weighted by Gasteiger charge is 2.18. The van der Waals surface area contributed by atoms with Crippen molar-refractivity contribution >= 4 is 15.8 Å². The van der Waals surface area contributed by atoms with Gasteiger partial charge in [-0.3, -0.25) is 0 Å². The maximum atomic E-state index is 12.6. The Labute approximate surface area is 160 Å². The molecule has 0 saturated carbocycles. The van der Waals surface area contributed by atoms with Crippen molar-refractivity contribution in [2.75, 3.05) is 31.2 Å². The van der Waals surface area contributed by atoms with Gasteiger partial charge in [-0.1, -0.05) is 6.07 Å². The van der Waals surface area contributed by atoms with Gasteiger partial charge in [-0.05, 0) is 37.6 Å². The van der Waals surface area contributed by atoms with E-state index < -0.39 is 10.0 Å². The van der Waals surface area contributed by atoms with Crippen molar-refractivity contribution < 1.29 is 17.9 Å². The standard InChI is InChI=1S/C19H25N3O4S/c1-3-22(4-2)19-9-6-15(13-20-19)14-21-27(23,24)16-7-8-17-18(12-16)26-11-5-10-25-17/h6-9,12-13,21H,3-5,10-11,14H2,1-2H3. The number of anilines is 1. The molecule has 1 N–H and O–H groups in total. The summed E-state index contributed by atoms with van der Waals surface area (Å²) in [5.41, 5.74) is 0.795. The first kappa shape index (κ1) is 19.4. The van der Waals surface area contributed by atoms with E-state index in [0.717, 1.165) is 30.9 Å². The van der Waals surface area contributed by atoms with Gasteiger partial charge < -0.3 is 14.4 Å². The van der Waals surface area contributed by atoms with Crippen LogP contribution in [0.1, 0.15) is 25.8 Å². The number of sulfonamides is 1. The van der Waals surface area contributed by atoms with Crippen LogP contribution in [0, 0.1) is 0 Å². The van der Waals surface area contributed by atoms with Gasteiger partial charge in [0.15, 0.2) is 11.5 Å². The molecule has 1 aliphatic rings. The SMILES string of the molecule is CCN(CC)c1ccc(CNS(=O)(=O)c2ccc3c(c2)OCCCO3)cn1. The van der Waals surface area contributed by atoms with Gasteiger partial charge in [-0.15, -0.1) is 0 Å². The Kier molecular flexibility index (Phi) is 6.18. The average molecular weight is 391 g/mol. The first-order valence-corrected chi connectivity index (χ1v) is 10.6. The number of hydrogen-bond donors (Lipinski definition) is 1. The number of pyridine rings is 1. The van der Waals surface area contributed by atoms with Crippen LogP contribution < -0.4 is 19.1 Å². The zero-order chi connectivity index (χ0) is 19.3. The molecule has 2 aromatic rings. The highest BCUT2D eigenvalue weighted by atomic mass is 32.2. The first-order valence-electron chi connectivity index (χ1n) is 9.12. The third kappa shape index (κ3) is 4.70. The molecule has 146 valence electrons. The number of nitrogens with zero attached hydrogens (tertiary/aromatic N) is 2. The lowest BCUT2D eigenvalue weighted by Crippen LogP contribution is -2.24. The van der Waals surface area contributed by atoms with E-state index in [-0.39, 0.29) is 11.4 Å². The van der Waals surface area contributed by atoms with Crippen LogP contribution >= 0.6 is 0 Å². The Morgan fingerprint density at radius 1 is 1.07 bits per heavy atom. The minimum absolute atomic E-state index is 0.152. The van der Waals surface area contributed by atoms with E-state index in [4.69, 9.17) is 9.47 Å². The second-order valence-corrected chi connectivity index (χ2v) is 7.95. The van der Waals surface area contributed by atoms with Gasteiger partial charge >= 0.3 is 0 Å². The van der Waals surface area contributed by atoms with E-state index in [9.17, 15) is 8.42 Å². The number of benzene rings is 1.